The molecule has 0 radical (unpaired) electrons. The van der Waals surface area contributed by atoms with E-state index in [1.165, 1.54) is 30.5 Å². The van der Waals surface area contributed by atoms with Crippen LogP contribution in [-0.2, 0) is 16.9 Å². The molecule has 5 nitrogen and oxygen atoms in total. The van der Waals surface area contributed by atoms with Crippen molar-refractivity contribution in [3.05, 3.63) is 130 Å². The number of pyridine rings is 1. The van der Waals surface area contributed by atoms with Gasteiger partial charge in [-0.05, 0) is 79.4 Å². The molecule has 4 aromatic rings. The summed E-state index contributed by atoms with van der Waals surface area (Å²) in [6.45, 7) is 2.79. The third-order valence-corrected chi connectivity index (χ3v) is 7.08. The van der Waals surface area contributed by atoms with E-state index in [9.17, 15) is 18.8 Å². The lowest BCUT2D eigenvalue weighted by Crippen LogP contribution is -2.43. The number of halogens is 3. The smallest absolute Gasteiger partial charge is 0.410 e. The predicted molar refractivity (Wildman–Crippen MR) is 145 cm³/mol. The van der Waals surface area contributed by atoms with Crippen LogP contribution < -0.4 is 4.73 Å². The Bertz CT molecular complexity index is 1350. The van der Waals surface area contributed by atoms with Gasteiger partial charge in [0.15, 0.2) is 6.20 Å². The number of nitrogens with zero attached hydrogens (tertiary/aromatic N) is 2. The maximum Gasteiger partial charge on any atom is 0.410 e. The molecule has 8 heteroatoms. The van der Waals surface area contributed by atoms with Gasteiger partial charge in [0.2, 0.25) is 5.69 Å². The number of amides is 1. The second-order valence-electron chi connectivity index (χ2n) is 9.14. The molecular weight excluding hydrogens is 554 g/mol. The fourth-order valence-electron chi connectivity index (χ4n) is 4.44. The van der Waals surface area contributed by atoms with Crippen LogP contribution in [0.2, 0.25) is 0 Å². The maximum absolute atomic E-state index is 13.3. The van der Waals surface area contributed by atoms with Gasteiger partial charge in [-0.1, -0.05) is 46.3 Å². The van der Waals surface area contributed by atoms with Gasteiger partial charge in [-0.3, -0.25) is 4.90 Å². The molecule has 5 rings (SSSR count). The number of ether oxygens (including phenoxy) is 1. The zero-order valence-corrected chi connectivity index (χ0v) is 22.4. The average molecular weight is 581 g/mol. The standard InChI is InChI=1S/C24H23FN2O3.C6H4BrF/c1-24(13-5-14-26(24)23(28)30-17-18-6-3-2-4-7-18)20-12-15-27(29)22(16-20)19-8-10-21(25)11-9-19;7-5-1-3-6(8)4-2-5/h2-4,6-12,15-16H,5,13-14,17H2,1H3;1-4H. The molecule has 0 aliphatic carbocycles. The molecule has 196 valence electrons. The van der Waals surface area contributed by atoms with E-state index in [-0.39, 0.29) is 24.3 Å². The molecule has 1 unspecified atom stereocenters. The van der Waals surface area contributed by atoms with Gasteiger partial charge in [-0.2, -0.15) is 4.73 Å². The highest BCUT2D eigenvalue weighted by Gasteiger charge is 2.42. The van der Waals surface area contributed by atoms with Crippen LogP contribution in [0.3, 0.4) is 0 Å². The Labute approximate surface area is 229 Å². The minimum Gasteiger partial charge on any atom is -0.618 e. The molecule has 1 atom stereocenters. The van der Waals surface area contributed by atoms with Crippen molar-refractivity contribution in [3.63, 3.8) is 0 Å². The summed E-state index contributed by atoms with van der Waals surface area (Å²) >= 11 is 3.18. The molecule has 2 heterocycles. The Hall–Kier alpha value is -3.78. The second kappa shape index (κ2) is 12.2. The molecule has 1 aliphatic rings. The van der Waals surface area contributed by atoms with Gasteiger partial charge in [-0.25, -0.2) is 13.6 Å². The molecule has 1 amide bonds. The molecule has 1 aliphatic heterocycles. The van der Waals surface area contributed by atoms with Crippen molar-refractivity contribution in [1.82, 2.24) is 4.90 Å². The van der Waals surface area contributed by atoms with Crippen LogP contribution >= 0.6 is 15.9 Å². The summed E-state index contributed by atoms with van der Waals surface area (Å²) in [6.07, 6.45) is 2.67. The van der Waals surface area contributed by atoms with Crippen LogP contribution in [0.4, 0.5) is 13.6 Å². The van der Waals surface area contributed by atoms with Crippen molar-refractivity contribution >= 4 is 22.0 Å². The summed E-state index contributed by atoms with van der Waals surface area (Å²) in [7, 11) is 0. The zero-order chi connectivity index (χ0) is 27.1. The lowest BCUT2D eigenvalue weighted by molar-refractivity contribution is -0.593. The Kier molecular flexibility index (Phi) is 8.73. The number of hydrogen-bond acceptors (Lipinski definition) is 3. The highest BCUT2D eigenvalue weighted by atomic mass is 79.9. The number of aromatic nitrogens is 1. The van der Waals surface area contributed by atoms with E-state index in [1.54, 1.807) is 41.3 Å². The van der Waals surface area contributed by atoms with Crippen molar-refractivity contribution in [1.29, 1.82) is 0 Å². The minimum absolute atomic E-state index is 0.201. The van der Waals surface area contributed by atoms with Gasteiger partial charge >= 0.3 is 6.09 Å². The number of rotatable bonds is 4. The van der Waals surface area contributed by atoms with E-state index in [1.807, 2.05) is 37.3 Å². The van der Waals surface area contributed by atoms with Crippen molar-refractivity contribution < 1.29 is 23.0 Å². The number of hydrogen-bond donors (Lipinski definition) is 0. The number of carbonyl (C=O) groups is 1. The van der Waals surface area contributed by atoms with Gasteiger partial charge in [0.05, 0.1) is 5.54 Å². The molecule has 0 saturated carbocycles. The van der Waals surface area contributed by atoms with E-state index in [0.717, 1.165) is 33.2 Å². The van der Waals surface area contributed by atoms with Crippen molar-refractivity contribution in [2.45, 2.75) is 31.9 Å². The molecule has 1 saturated heterocycles. The van der Waals surface area contributed by atoms with E-state index in [4.69, 9.17) is 4.74 Å². The van der Waals surface area contributed by atoms with Gasteiger partial charge in [0.1, 0.15) is 18.2 Å². The van der Waals surface area contributed by atoms with Crippen LogP contribution in [0.5, 0.6) is 0 Å². The molecule has 0 spiro atoms. The normalized spacial score (nSPS) is 16.5. The first-order chi connectivity index (χ1) is 18.3. The highest BCUT2D eigenvalue weighted by Crippen LogP contribution is 2.39. The SMILES string of the molecule is CC1(c2cc[n+]([O-])c(-c3ccc(F)cc3)c2)CCCN1C(=O)OCc1ccccc1.Fc1ccc(Br)cc1. The number of benzene rings is 3. The summed E-state index contributed by atoms with van der Waals surface area (Å²) in [5, 5.41) is 12.4. The van der Waals surface area contributed by atoms with Gasteiger partial charge in [-0.15, -0.1) is 0 Å². The summed E-state index contributed by atoms with van der Waals surface area (Å²) < 4.78 is 32.6. The molecule has 0 N–H and O–H groups in total. The molecular formula is C30H27BrF2N2O3. The number of carbonyl (C=O) groups excluding carboxylic acids is 1. The maximum atomic E-state index is 13.3. The van der Waals surface area contributed by atoms with Gasteiger partial charge in [0.25, 0.3) is 0 Å². The van der Waals surface area contributed by atoms with E-state index in [2.05, 4.69) is 15.9 Å². The third kappa shape index (κ3) is 6.55. The van der Waals surface area contributed by atoms with Crippen LogP contribution in [0, 0.1) is 16.8 Å². The fourth-order valence-corrected chi connectivity index (χ4v) is 4.70. The monoisotopic (exact) mass is 580 g/mol. The molecule has 1 fully saturated rings. The Morgan fingerprint density at radius 1 is 1.00 bits per heavy atom. The van der Waals surface area contributed by atoms with Gasteiger partial charge < -0.3 is 9.94 Å². The predicted octanol–water partition coefficient (Wildman–Crippen LogP) is 7.36. The van der Waals surface area contributed by atoms with E-state index in [0.29, 0.717) is 17.8 Å². The first-order valence-corrected chi connectivity index (χ1v) is 12.9. The van der Waals surface area contributed by atoms with Crippen LogP contribution in [0.25, 0.3) is 11.3 Å². The van der Waals surface area contributed by atoms with Crippen LogP contribution in [0.1, 0.15) is 30.9 Å². The summed E-state index contributed by atoms with van der Waals surface area (Å²) in [6, 6.07) is 25.0. The van der Waals surface area contributed by atoms with E-state index < -0.39 is 5.54 Å². The Morgan fingerprint density at radius 3 is 2.26 bits per heavy atom. The summed E-state index contributed by atoms with van der Waals surface area (Å²) in [5.41, 5.74) is 2.23. The van der Waals surface area contributed by atoms with Crippen molar-refractivity contribution in [3.8, 4) is 11.3 Å². The first kappa shape index (κ1) is 27.3. The molecule has 0 bridgehead atoms. The van der Waals surface area contributed by atoms with Crippen molar-refractivity contribution in [2.75, 3.05) is 6.54 Å². The molecule has 3 aromatic carbocycles. The summed E-state index contributed by atoms with van der Waals surface area (Å²) in [4.78, 5) is 14.6. The average Bonchev–Trinajstić information content (AvgIpc) is 3.33. The zero-order valence-electron chi connectivity index (χ0n) is 20.8. The fraction of sp³-hybridized carbons (Fsp3) is 0.200. The topological polar surface area (TPSA) is 56.5 Å². The highest BCUT2D eigenvalue weighted by molar-refractivity contribution is 9.10. The lowest BCUT2D eigenvalue weighted by Gasteiger charge is -2.35. The quantitative estimate of drug-likeness (QED) is 0.187. The minimum atomic E-state index is -0.586. The van der Waals surface area contributed by atoms with Crippen LogP contribution in [-0.4, -0.2) is 17.5 Å². The first-order valence-electron chi connectivity index (χ1n) is 12.2. The number of likely N-dealkylation sites (tertiary alicyclic amines) is 1. The summed E-state index contributed by atoms with van der Waals surface area (Å²) in [5.74, 6) is -0.560. The van der Waals surface area contributed by atoms with Gasteiger partial charge in [0, 0.05) is 28.7 Å². The Balaban J connectivity index is 0.000000360. The largest absolute Gasteiger partial charge is 0.618 e. The second-order valence-corrected chi connectivity index (χ2v) is 10.1. The molecule has 1 aromatic heterocycles. The third-order valence-electron chi connectivity index (χ3n) is 6.55. The Morgan fingerprint density at radius 2 is 1.63 bits per heavy atom. The van der Waals surface area contributed by atoms with E-state index >= 15 is 0 Å². The lowest BCUT2D eigenvalue weighted by atomic mass is 9.89. The van der Waals surface area contributed by atoms with Crippen molar-refractivity contribution in [2.24, 2.45) is 0 Å². The van der Waals surface area contributed by atoms with Crippen LogP contribution in [0.15, 0.2) is 102 Å². The molecule has 38 heavy (non-hydrogen) atoms.